The van der Waals surface area contributed by atoms with Crippen molar-refractivity contribution in [2.45, 2.75) is 33.0 Å². The number of rotatable bonds is 8. The van der Waals surface area contributed by atoms with E-state index in [0.717, 1.165) is 5.56 Å². The molecular formula is C18H23NO6. The summed E-state index contributed by atoms with van der Waals surface area (Å²) < 4.78 is 14.9. The van der Waals surface area contributed by atoms with E-state index in [0.29, 0.717) is 11.3 Å². The van der Waals surface area contributed by atoms with Crippen LogP contribution in [-0.2, 0) is 23.8 Å². The van der Waals surface area contributed by atoms with Crippen molar-refractivity contribution in [2.24, 2.45) is 0 Å². The Balaban J connectivity index is 2.73. The second kappa shape index (κ2) is 9.58. The maximum atomic E-state index is 12.2. The van der Waals surface area contributed by atoms with Gasteiger partial charge in [0.15, 0.2) is 12.2 Å². The summed E-state index contributed by atoms with van der Waals surface area (Å²) >= 11 is 0. The van der Waals surface area contributed by atoms with Crippen LogP contribution in [-0.4, -0.2) is 43.8 Å². The molecule has 0 saturated heterocycles. The van der Waals surface area contributed by atoms with Crippen LogP contribution in [0.15, 0.2) is 30.9 Å². The summed E-state index contributed by atoms with van der Waals surface area (Å²) in [5.74, 6) is -1.68. The highest BCUT2D eigenvalue weighted by Gasteiger charge is 2.23. The molecule has 1 aromatic rings. The third-order valence-electron chi connectivity index (χ3n) is 3.37. The topological polar surface area (TPSA) is 90.9 Å². The maximum Gasteiger partial charge on any atom is 0.337 e. The van der Waals surface area contributed by atoms with Gasteiger partial charge in [0, 0.05) is 5.69 Å². The summed E-state index contributed by atoms with van der Waals surface area (Å²) in [6.07, 6.45) is -0.321. The van der Waals surface area contributed by atoms with E-state index in [4.69, 9.17) is 9.47 Å². The van der Waals surface area contributed by atoms with Crippen LogP contribution in [0.5, 0.6) is 0 Å². The number of carbonyl (C=O) groups excluding carboxylic acids is 3. The average Bonchev–Trinajstić information content (AvgIpc) is 2.60. The van der Waals surface area contributed by atoms with E-state index < -0.39 is 30.1 Å². The van der Waals surface area contributed by atoms with Crippen molar-refractivity contribution in [1.82, 2.24) is 0 Å². The molecule has 2 unspecified atom stereocenters. The van der Waals surface area contributed by atoms with Crippen LogP contribution in [0.4, 0.5) is 5.69 Å². The zero-order valence-corrected chi connectivity index (χ0v) is 14.8. The largest absolute Gasteiger partial charge is 0.465 e. The van der Waals surface area contributed by atoms with Gasteiger partial charge in [-0.3, -0.25) is 4.79 Å². The SMILES string of the molecule is C=CCOC(C)C(=O)OC(C)C(=O)Nc1cc(C(=O)OC)ccc1C. The standard InChI is InChI=1S/C18H23NO6/c1-6-9-24-13(4)17(21)25-12(3)16(20)19-15-10-14(18(22)23-5)8-7-11(15)2/h6-8,10,12-13H,1,9H2,2-5H3,(H,19,20). The lowest BCUT2D eigenvalue weighted by Crippen LogP contribution is -2.34. The molecule has 2 atom stereocenters. The molecule has 0 radical (unpaired) electrons. The molecule has 1 N–H and O–H groups in total. The van der Waals surface area contributed by atoms with E-state index in [2.05, 4.69) is 16.6 Å². The average molecular weight is 349 g/mol. The molecule has 0 heterocycles. The summed E-state index contributed by atoms with van der Waals surface area (Å²) in [6.45, 7) is 8.45. The molecule has 25 heavy (non-hydrogen) atoms. The van der Waals surface area contributed by atoms with Crippen LogP contribution in [0.2, 0.25) is 0 Å². The van der Waals surface area contributed by atoms with E-state index in [9.17, 15) is 14.4 Å². The monoisotopic (exact) mass is 349 g/mol. The number of esters is 2. The molecule has 0 aliphatic rings. The predicted molar refractivity (Wildman–Crippen MR) is 92.3 cm³/mol. The third-order valence-corrected chi connectivity index (χ3v) is 3.37. The van der Waals surface area contributed by atoms with Gasteiger partial charge in [-0.05, 0) is 38.5 Å². The van der Waals surface area contributed by atoms with Gasteiger partial charge in [0.2, 0.25) is 0 Å². The Kier molecular flexibility index (Phi) is 7.81. The minimum Gasteiger partial charge on any atom is -0.465 e. The molecule has 1 rings (SSSR count). The number of hydrogen-bond acceptors (Lipinski definition) is 6. The summed E-state index contributed by atoms with van der Waals surface area (Å²) in [7, 11) is 1.28. The smallest absolute Gasteiger partial charge is 0.337 e. The van der Waals surface area contributed by atoms with Gasteiger partial charge in [0.25, 0.3) is 5.91 Å². The Morgan fingerprint density at radius 1 is 1.24 bits per heavy atom. The van der Waals surface area contributed by atoms with Gasteiger partial charge >= 0.3 is 11.9 Å². The lowest BCUT2D eigenvalue weighted by molar-refractivity contribution is -0.163. The molecular weight excluding hydrogens is 326 g/mol. The molecule has 7 nitrogen and oxygen atoms in total. The van der Waals surface area contributed by atoms with Gasteiger partial charge in [0.1, 0.15) is 0 Å². The van der Waals surface area contributed by atoms with Crippen LogP contribution in [0.3, 0.4) is 0 Å². The van der Waals surface area contributed by atoms with Crippen molar-refractivity contribution >= 4 is 23.5 Å². The number of carbonyl (C=O) groups is 3. The summed E-state index contributed by atoms with van der Waals surface area (Å²) in [4.78, 5) is 35.6. The molecule has 1 aromatic carbocycles. The minimum atomic E-state index is -1.02. The minimum absolute atomic E-state index is 0.205. The fraction of sp³-hybridized carbons (Fsp3) is 0.389. The highest BCUT2D eigenvalue weighted by atomic mass is 16.6. The van der Waals surface area contributed by atoms with Gasteiger partial charge in [-0.15, -0.1) is 6.58 Å². The van der Waals surface area contributed by atoms with E-state index in [-0.39, 0.29) is 6.61 Å². The fourth-order valence-electron chi connectivity index (χ4n) is 1.84. The lowest BCUT2D eigenvalue weighted by Gasteiger charge is -2.17. The number of benzene rings is 1. The van der Waals surface area contributed by atoms with Crippen molar-refractivity contribution in [3.63, 3.8) is 0 Å². The molecule has 7 heteroatoms. The van der Waals surface area contributed by atoms with Crippen LogP contribution >= 0.6 is 0 Å². The Morgan fingerprint density at radius 2 is 1.92 bits per heavy atom. The zero-order chi connectivity index (χ0) is 19.0. The molecule has 0 bridgehead atoms. The van der Waals surface area contributed by atoms with Gasteiger partial charge in [0.05, 0.1) is 19.3 Å². The highest BCUT2D eigenvalue weighted by Crippen LogP contribution is 2.18. The lowest BCUT2D eigenvalue weighted by atomic mass is 10.1. The first-order chi connectivity index (χ1) is 11.8. The number of ether oxygens (including phenoxy) is 3. The molecule has 0 saturated carbocycles. The van der Waals surface area contributed by atoms with Crippen LogP contribution in [0.1, 0.15) is 29.8 Å². The van der Waals surface area contributed by atoms with E-state index in [1.54, 1.807) is 19.1 Å². The molecule has 0 aliphatic carbocycles. The third kappa shape index (κ3) is 6.04. The van der Waals surface area contributed by atoms with Gasteiger partial charge < -0.3 is 19.5 Å². The van der Waals surface area contributed by atoms with Crippen molar-refractivity contribution in [3.05, 3.63) is 42.0 Å². The normalized spacial score (nSPS) is 12.6. The zero-order valence-electron chi connectivity index (χ0n) is 14.8. The second-order valence-electron chi connectivity index (χ2n) is 5.35. The number of amides is 1. The van der Waals surface area contributed by atoms with Gasteiger partial charge in [-0.2, -0.15) is 0 Å². The number of hydrogen-bond donors (Lipinski definition) is 1. The fourth-order valence-corrected chi connectivity index (χ4v) is 1.84. The molecule has 0 fully saturated rings. The van der Waals surface area contributed by atoms with E-state index in [1.807, 2.05) is 0 Å². The van der Waals surface area contributed by atoms with Crippen molar-refractivity contribution in [3.8, 4) is 0 Å². The first-order valence-electron chi connectivity index (χ1n) is 7.73. The Bertz CT molecular complexity index is 655. The molecule has 1 amide bonds. The first kappa shape index (κ1) is 20.4. The van der Waals surface area contributed by atoms with Crippen molar-refractivity contribution < 1.29 is 28.6 Å². The molecule has 0 aromatic heterocycles. The Morgan fingerprint density at radius 3 is 2.52 bits per heavy atom. The molecule has 0 aliphatic heterocycles. The Hall–Kier alpha value is -2.67. The molecule has 136 valence electrons. The maximum absolute atomic E-state index is 12.2. The number of anilines is 1. The van der Waals surface area contributed by atoms with E-state index >= 15 is 0 Å². The van der Waals surface area contributed by atoms with Crippen LogP contribution in [0.25, 0.3) is 0 Å². The predicted octanol–water partition coefficient (Wildman–Crippen LogP) is 2.24. The number of nitrogens with one attached hydrogen (secondary N) is 1. The van der Waals surface area contributed by atoms with E-state index in [1.165, 1.54) is 33.1 Å². The quantitative estimate of drug-likeness (QED) is 0.572. The number of aryl methyl sites for hydroxylation is 1. The first-order valence-corrected chi connectivity index (χ1v) is 7.73. The summed E-state index contributed by atoms with van der Waals surface area (Å²) in [5.41, 5.74) is 1.49. The van der Waals surface area contributed by atoms with Gasteiger partial charge in [-0.25, -0.2) is 9.59 Å². The summed E-state index contributed by atoms with van der Waals surface area (Å²) in [5, 5.41) is 2.64. The Labute approximate surface area is 146 Å². The van der Waals surface area contributed by atoms with Crippen LogP contribution < -0.4 is 5.32 Å². The van der Waals surface area contributed by atoms with Crippen LogP contribution in [0, 0.1) is 6.92 Å². The van der Waals surface area contributed by atoms with Gasteiger partial charge in [-0.1, -0.05) is 12.1 Å². The van der Waals surface area contributed by atoms with Crippen molar-refractivity contribution in [1.29, 1.82) is 0 Å². The molecule has 0 spiro atoms. The number of methoxy groups -OCH3 is 1. The second-order valence-corrected chi connectivity index (χ2v) is 5.35. The highest BCUT2D eigenvalue weighted by molar-refractivity contribution is 5.98. The van der Waals surface area contributed by atoms with Crippen molar-refractivity contribution in [2.75, 3.05) is 19.0 Å². The summed E-state index contributed by atoms with van der Waals surface area (Å²) in [6, 6.07) is 4.78.